The Morgan fingerprint density at radius 1 is 1.19 bits per heavy atom. The number of rotatable bonds is 7. The van der Waals surface area contributed by atoms with Crippen molar-refractivity contribution in [1.82, 2.24) is 15.1 Å². The van der Waals surface area contributed by atoms with Gasteiger partial charge in [-0.2, -0.15) is 0 Å². The predicted octanol–water partition coefficient (Wildman–Crippen LogP) is 2.71. The molecule has 1 aromatic carbocycles. The minimum Gasteiger partial charge on any atom is -0.313 e. The molecule has 0 amide bonds. The zero-order chi connectivity index (χ0) is 15.1. The van der Waals surface area contributed by atoms with Crippen molar-refractivity contribution < 1.29 is 0 Å². The minimum absolute atomic E-state index is 0.679. The summed E-state index contributed by atoms with van der Waals surface area (Å²) in [5.41, 5.74) is 2.85. The zero-order valence-electron chi connectivity index (χ0n) is 13.9. The van der Waals surface area contributed by atoms with Crippen molar-refractivity contribution in [2.75, 3.05) is 32.7 Å². The second-order valence-electron chi connectivity index (χ2n) is 6.21. The van der Waals surface area contributed by atoms with Crippen LogP contribution in [0.3, 0.4) is 0 Å². The standard InChI is InChI=1S/C18H31N3/c1-4-9-19-13-17-7-6-8-18(12-17)15-20-10-11-21(5-2)16(3)14-20/h6-8,12,16,19H,4-5,9-11,13-15H2,1-3H3. The third-order valence-corrected chi connectivity index (χ3v) is 4.41. The van der Waals surface area contributed by atoms with E-state index in [0.29, 0.717) is 6.04 Å². The smallest absolute Gasteiger partial charge is 0.0235 e. The summed E-state index contributed by atoms with van der Waals surface area (Å²) in [7, 11) is 0. The van der Waals surface area contributed by atoms with Gasteiger partial charge in [0, 0.05) is 38.8 Å². The fourth-order valence-electron chi connectivity index (χ4n) is 3.19. The lowest BCUT2D eigenvalue weighted by molar-refractivity contribution is 0.0834. The molecule has 21 heavy (non-hydrogen) atoms. The summed E-state index contributed by atoms with van der Waals surface area (Å²) in [5, 5.41) is 3.48. The van der Waals surface area contributed by atoms with Gasteiger partial charge in [0.25, 0.3) is 0 Å². The van der Waals surface area contributed by atoms with Gasteiger partial charge < -0.3 is 5.32 Å². The molecule has 1 aromatic rings. The van der Waals surface area contributed by atoms with Gasteiger partial charge in [0.15, 0.2) is 0 Å². The van der Waals surface area contributed by atoms with Gasteiger partial charge >= 0.3 is 0 Å². The molecule has 1 fully saturated rings. The van der Waals surface area contributed by atoms with E-state index >= 15 is 0 Å². The summed E-state index contributed by atoms with van der Waals surface area (Å²) in [5.74, 6) is 0. The molecule has 0 bridgehead atoms. The van der Waals surface area contributed by atoms with Crippen LogP contribution in [0, 0.1) is 0 Å². The number of nitrogens with one attached hydrogen (secondary N) is 1. The second kappa shape index (κ2) is 8.52. The van der Waals surface area contributed by atoms with Crippen molar-refractivity contribution >= 4 is 0 Å². The average molecular weight is 289 g/mol. The lowest BCUT2D eigenvalue weighted by Crippen LogP contribution is -2.51. The van der Waals surface area contributed by atoms with Gasteiger partial charge in [-0.25, -0.2) is 0 Å². The molecule has 118 valence electrons. The Kier molecular flexibility index (Phi) is 6.68. The summed E-state index contributed by atoms with van der Waals surface area (Å²) in [6, 6.07) is 9.73. The molecule has 0 spiro atoms. The lowest BCUT2D eigenvalue weighted by Gasteiger charge is -2.39. The molecule has 1 N–H and O–H groups in total. The van der Waals surface area contributed by atoms with Crippen LogP contribution < -0.4 is 5.32 Å². The van der Waals surface area contributed by atoms with Crippen molar-refractivity contribution in [2.45, 2.75) is 46.3 Å². The van der Waals surface area contributed by atoms with Crippen LogP contribution in [0.1, 0.15) is 38.3 Å². The van der Waals surface area contributed by atoms with E-state index in [9.17, 15) is 0 Å². The number of hydrogen-bond acceptors (Lipinski definition) is 3. The Hall–Kier alpha value is -0.900. The van der Waals surface area contributed by atoms with Crippen LogP contribution in [0.5, 0.6) is 0 Å². The largest absolute Gasteiger partial charge is 0.313 e. The summed E-state index contributed by atoms with van der Waals surface area (Å²) in [4.78, 5) is 5.16. The molecule has 3 heteroatoms. The molecule has 0 aromatic heterocycles. The fourth-order valence-corrected chi connectivity index (χ4v) is 3.19. The molecule has 0 saturated carbocycles. The highest BCUT2D eigenvalue weighted by atomic mass is 15.3. The highest BCUT2D eigenvalue weighted by Crippen LogP contribution is 2.14. The highest BCUT2D eigenvalue weighted by molar-refractivity contribution is 5.23. The van der Waals surface area contributed by atoms with Gasteiger partial charge in [0.05, 0.1) is 0 Å². The van der Waals surface area contributed by atoms with Crippen molar-refractivity contribution in [3.8, 4) is 0 Å². The van der Waals surface area contributed by atoms with Crippen LogP contribution in [0.4, 0.5) is 0 Å². The molecule has 1 aliphatic rings. The van der Waals surface area contributed by atoms with Crippen molar-refractivity contribution in [1.29, 1.82) is 0 Å². The maximum atomic E-state index is 3.48. The monoisotopic (exact) mass is 289 g/mol. The third-order valence-electron chi connectivity index (χ3n) is 4.41. The first-order chi connectivity index (χ1) is 10.2. The SMILES string of the molecule is CCCNCc1cccc(CN2CCN(CC)C(C)C2)c1. The highest BCUT2D eigenvalue weighted by Gasteiger charge is 2.22. The van der Waals surface area contributed by atoms with Crippen LogP contribution >= 0.6 is 0 Å². The Morgan fingerprint density at radius 2 is 2.00 bits per heavy atom. The van der Waals surface area contributed by atoms with E-state index in [-0.39, 0.29) is 0 Å². The molecule has 0 radical (unpaired) electrons. The first-order valence-electron chi connectivity index (χ1n) is 8.47. The molecule has 1 atom stereocenters. The van der Waals surface area contributed by atoms with Crippen LogP contribution in [-0.2, 0) is 13.1 Å². The van der Waals surface area contributed by atoms with Gasteiger partial charge in [0.2, 0.25) is 0 Å². The number of likely N-dealkylation sites (N-methyl/N-ethyl adjacent to an activating group) is 1. The molecule has 1 saturated heterocycles. The van der Waals surface area contributed by atoms with E-state index in [0.717, 1.165) is 19.6 Å². The van der Waals surface area contributed by atoms with Crippen LogP contribution in [0.2, 0.25) is 0 Å². The summed E-state index contributed by atoms with van der Waals surface area (Å²) in [6.07, 6.45) is 1.19. The molecule has 1 heterocycles. The lowest BCUT2D eigenvalue weighted by atomic mass is 10.1. The van der Waals surface area contributed by atoms with Crippen LogP contribution in [0.15, 0.2) is 24.3 Å². The molecule has 0 aliphatic carbocycles. The van der Waals surface area contributed by atoms with E-state index in [2.05, 4.69) is 60.2 Å². The number of piperazine rings is 1. The van der Waals surface area contributed by atoms with E-state index in [1.807, 2.05) is 0 Å². The van der Waals surface area contributed by atoms with Gasteiger partial charge in [0.1, 0.15) is 0 Å². The van der Waals surface area contributed by atoms with Crippen LogP contribution in [-0.4, -0.2) is 48.6 Å². The van der Waals surface area contributed by atoms with E-state index in [1.54, 1.807) is 0 Å². The Labute approximate surface area is 130 Å². The van der Waals surface area contributed by atoms with Gasteiger partial charge in [-0.15, -0.1) is 0 Å². The zero-order valence-corrected chi connectivity index (χ0v) is 13.9. The van der Waals surface area contributed by atoms with Gasteiger partial charge in [-0.3, -0.25) is 9.80 Å². The molecule has 1 aliphatic heterocycles. The number of benzene rings is 1. The Bertz CT molecular complexity index is 419. The topological polar surface area (TPSA) is 18.5 Å². The third kappa shape index (κ3) is 5.10. The molecule has 3 nitrogen and oxygen atoms in total. The summed E-state index contributed by atoms with van der Waals surface area (Å²) < 4.78 is 0. The normalized spacial score (nSPS) is 20.8. The Balaban J connectivity index is 1.86. The van der Waals surface area contributed by atoms with Gasteiger partial charge in [-0.05, 0) is 37.6 Å². The van der Waals surface area contributed by atoms with Crippen molar-refractivity contribution in [3.05, 3.63) is 35.4 Å². The summed E-state index contributed by atoms with van der Waals surface area (Å²) in [6.45, 7) is 14.7. The second-order valence-corrected chi connectivity index (χ2v) is 6.21. The summed E-state index contributed by atoms with van der Waals surface area (Å²) >= 11 is 0. The van der Waals surface area contributed by atoms with E-state index < -0.39 is 0 Å². The minimum atomic E-state index is 0.679. The van der Waals surface area contributed by atoms with E-state index in [1.165, 1.54) is 43.7 Å². The maximum absolute atomic E-state index is 3.48. The Morgan fingerprint density at radius 3 is 2.71 bits per heavy atom. The first kappa shape index (κ1) is 16.5. The fraction of sp³-hybridized carbons (Fsp3) is 0.667. The maximum Gasteiger partial charge on any atom is 0.0235 e. The van der Waals surface area contributed by atoms with Crippen molar-refractivity contribution in [3.63, 3.8) is 0 Å². The molecule has 1 unspecified atom stereocenters. The first-order valence-corrected chi connectivity index (χ1v) is 8.47. The number of nitrogens with zero attached hydrogens (tertiary/aromatic N) is 2. The average Bonchev–Trinajstić information content (AvgIpc) is 2.48. The molecule has 2 rings (SSSR count). The number of hydrogen-bond donors (Lipinski definition) is 1. The quantitative estimate of drug-likeness (QED) is 0.779. The van der Waals surface area contributed by atoms with Crippen molar-refractivity contribution in [2.24, 2.45) is 0 Å². The predicted molar refractivity (Wildman–Crippen MR) is 90.4 cm³/mol. The van der Waals surface area contributed by atoms with E-state index in [4.69, 9.17) is 0 Å². The molecular formula is C18H31N3. The molecular weight excluding hydrogens is 258 g/mol. The van der Waals surface area contributed by atoms with Crippen LogP contribution in [0.25, 0.3) is 0 Å². The van der Waals surface area contributed by atoms with Gasteiger partial charge in [-0.1, -0.05) is 38.1 Å².